The van der Waals surface area contributed by atoms with E-state index in [0.29, 0.717) is 23.4 Å². The first-order valence-electron chi connectivity index (χ1n) is 9.35. The third-order valence-electron chi connectivity index (χ3n) is 5.28. The molecule has 1 aromatic heterocycles. The van der Waals surface area contributed by atoms with Gasteiger partial charge in [0.2, 0.25) is 0 Å². The van der Waals surface area contributed by atoms with Gasteiger partial charge in [-0.3, -0.25) is 9.36 Å². The van der Waals surface area contributed by atoms with Crippen molar-refractivity contribution in [1.82, 2.24) is 9.55 Å². The van der Waals surface area contributed by atoms with Crippen molar-refractivity contribution < 1.29 is 4.79 Å². The molecule has 0 amide bonds. The summed E-state index contributed by atoms with van der Waals surface area (Å²) in [5.74, 6) is 0.100. The normalized spacial score (nSPS) is 11.1. The Morgan fingerprint density at radius 2 is 1.86 bits per heavy atom. The topological polar surface area (TPSA) is 34.9 Å². The number of carbonyl (C=O) groups is 1. The Kier molecular flexibility index (Phi) is 5.01. The van der Waals surface area contributed by atoms with Gasteiger partial charge in [0.15, 0.2) is 5.78 Å². The van der Waals surface area contributed by atoms with Gasteiger partial charge in [0.25, 0.3) is 0 Å². The van der Waals surface area contributed by atoms with Crippen LogP contribution in [0.25, 0.3) is 16.7 Å². The zero-order chi connectivity index (χ0) is 19.7. The van der Waals surface area contributed by atoms with E-state index in [4.69, 9.17) is 11.6 Å². The number of nitrogens with zero attached hydrogens (tertiary/aromatic N) is 2. The molecule has 0 unspecified atom stereocenters. The van der Waals surface area contributed by atoms with Crippen LogP contribution in [0.2, 0.25) is 5.02 Å². The quantitative estimate of drug-likeness (QED) is 0.386. The third-order valence-corrected chi connectivity index (χ3v) is 5.65. The number of hydrogen-bond acceptors (Lipinski definition) is 2. The Balaban J connectivity index is 1.60. The van der Waals surface area contributed by atoms with Gasteiger partial charge in [-0.25, -0.2) is 4.98 Å². The van der Waals surface area contributed by atoms with Crippen molar-refractivity contribution in [3.8, 4) is 5.69 Å². The van der Waals surface area contributed by atoms with Gasteiger partial charge in [0.05, 0.1) is 16.7 Å². The van der Waals surface area contributed by atoms with Gasteiger partial charge in [-0.2, -0.15) is 0 Å². The first kappa shape index (κ1) is 18.5. The number of hydrogen-bond donors (Lipinski definition) is 0. The van der Waals surface area contributed by atoms with Crippen LogP contribution in [0.3, 0.4) is 0 Å². The Bertz CT molecular complexity index is 1180. The van der Waals surface area contributed by atoms with E-state index < -0.39 is 0 Å². The number of benzene rings is 3. The summed E-state index contributed by atoms with van der Waals surface area (Å²) in [6.45, 7) is 4.22. The predicted octanol–water partition coefficient (Wildman–Crippen LogP) is 6.11. The summed E-state index contributed by atoms with van der Waals surface area (Å²) in [5, 5.41) is 0.706. The van der Waals surface area contributed by atoms with Crippen LogP contribution in [0.15, 0.2) is 67.0 Å². The second-order valence-electron chi connectivity index (χ2n) is 7.05. The van der Waals surface area contributed by atoms with Crippen LogP contribution in [0.5, 0.6) is 0 Å². The molecule has 4 heteroatoms. The molecule has 4 rings (SSSR count). The van der Waals surface area contributed by atoms with E-state index in [9.17, 15) is 4.79 Å². The van der Waals surface area contributed by atoms with Crippen LogP contribution in [0, 0.1) is 13.8 Å². The summed E-state index contributed by atoms with van der Waals surface area (Å²) < 4.78 is 2.08. The highest BCUT2D eigenvalue weighted by molar-refractivity contribution is 6.31. The molecule has 0 saturated carbocycles. The maximum absolute atomic E-state index is 12.7. The van der Waals surface area contributed by atoms with Crippen molar-refractivity contribution in [2.24, 2.45) is 0 Å². The summed E-state index contributed by atoms with van der Waals surface area (Å²) >= 11 is 6.19. The van der Waals surface area contributed by atoms with E-state index in [1.54, 1.807) is 0 Å². The first-order chi connectivity index (χ1) is 13.5. The number of aryl methyl sites for hydroxylation is 2. The predicted molar refractivity (Wildman–Crippen MR) is 115 cm³/mol. The van der Waals surface area contributed by atoms with Gasteiger partial charge in [0.1, 0.15) is 6.33 Å². The highest BCUT2D eigenvalue weighted by Crippen LogP contribution is 2.24. The van der Waals surface area contributed by atoms with Gasteiger partial charge in [-0.05, 0) is 67.3 Å². The molecular weight excluding hydrogens is 368 g/mol. The monoisotopic (exact) mass is 388 g/mol. The molecule has 140 valence electrons. The standard InChI is InChI=1S/C24H21ClN2O/c1-16-6-5-9-22(17(16)2)27-15-26-21-14-19(10-12-23(21)27)24(28)13-11-18-7-3-4-8-20(18)25/h3-10,12,14-15H,11,13H2,1-2H3. The minimum Gasteiger partial charge on any atom is -0.299 e. The summed E-state index contributed by atoms with van der Waals surface area (Å²) in [5.41, 5.74) is 7.08. The van der Waals surface area contributed by atoms with Crippen LogP contribution < -0.4 is 0 Å². The molecule has 0 N–H and O–H groups in total. The number of fused-ring (bicyclic) bond motifs is 1. The average molecular weight is 389 g/mol. The number of imidazole rings is 1. The minimum absolute atomic E-state index is 0.100. The molecule has 3 aromatic carbocycles. The number of rotatable bonds is 5. The number of Topliss-reactive ketones (excluding diaryl/α,β-unsaturated/α-hetero) is 1. The van der Waals surface area contributed by atoms with E-state index >= 15 is 0 Å². The molecule has 0 aliphatic carbocycles. The van der Waals surface area contributed by atoms with Crippen LogP contribution in [-0.4, -0.2) is 15.3 Å². The molecule has 0 fully saturated rings. The van der Waals surface area contributed by atoms with Gasteiger partial charge < -0.3 is 0 Å². The van der Waals surface area contributed by atoms with Crippen molar-refractivity contribution in [2.75, 3.05) is 0 Å². The smallest absolute Gasteiger partial charge is 0.163 e. The Labute approximate surface area is 169 Å². The minimum atomic E-state index is 0.100. The Hall–Kier alpha value is -2.91. The number of ketones is 1. The molecule has 1 heterocycles. The third kappa shape index (κ3) is 3.46. The molecule has 3 nitrogen and oxygen atoms in total. The largest absolute Gasteiger partial charge is 0.299 e. The van der Waals surface area contributed by atoms with E-state index in [0.717, 1.165) is 22.3 Å². The van der Waals surface area contributed by atoms with Crippen LogP contribution in [0.4, 0.5) is 0 Å². The molecule has 0 bridgehead atoms. The number of aromatic nitrogens is 2. The second-order valence-corrected chi connectivity index (χ2v) is 7.46. The van der Waals surface area contributed by atoms with Gasteiger partial charge >= 0.3 is 0 Å². The van der Waals surface area contributed by atoms with Crippen LogP contribution in [-0.2, 0) is 6.42 Å². The van der Waals surface area contributed by atoms with Crippen molar-refractivity contribution in [3.63, 3.8) is 0 Å². The lowest BCUT2D eigenvalue weighted by molar-refractivity contribution is 0.0983. The first-order valence-corrected chi connectivity index (χ1v) is 9.72. The van der Waals surface area contributed by atoms with E-state index in [1.807, 2.05) is 48.8 Å². The van der Waals surface area contributed by atoms with Crippen molar-refractivity contribution >= 4 is 28.4 Å². The highest BCUT2D eigenvalue weighted by Gasteiger charge is 2.12. The van der Waals surface area contributed by atoms with Gasteiger partial charge in [-0.15, -0.1) is 0 Å². The van der Waals surface area contributed by atoms with Gasteiger partial charge in [0, 0.05) is 17.0 Å². The second kappa shape index (κ2) is 7.61. The molecule has 0 radical (unpaired) electrons. The fourth-order valence-corrected chi connectivity index (χ4v) is 3.70. The van der Waals surface area contributed by atoms with E-state index in [2.05, 4.69) is 41.6 Å². The number of carbonyl (C=O) groups excluding carboxylic acids is 1. The Morgan fingerprint density at radius 3 is 2.68 bits per heavy atom. The summed E-state index contributed by atoms with van der Waals surface area (Å²) in [6, 6.07) is 19.7. The van der Waals surface area contributed by atoms with Gasteiger partial charge in [-0.1, -0.05) is 41.9 Å². The molecular formula is C24H21ClN2O. The summed E-state index contributed by atoms with van der Waals surface area (Å²) in [4.78, 5) is 17.2. The summed E-state index contributed by atoms with van der Waals surface area (Å²) in [6.07, 6.45) is 2.88. The molecule has 0 aliphatic rings. The molecule has 0 saturated heterocycles. The fourth-order valence-electron chi connectivity index (χ4n) is 3.47. The molecule has 4 aromatic rings. The lowest BCUT2D eigenvalue weighted by atomic mass is 10.0. The lowest BCUT2D eigenvalue weighted by Crippen LogP contribution is -2.02. The number of halogens is 1. The molecule has 28 heavy (non-hydrogen) atoms. The SMILES string of the molecule is Cc1cccc(-n2cnc3cc(C(=O)CCc4ccccc4Cl)ccc32)c1C. The van der Waals surface area contributed by atoms with Crippen LogP contribution in [0.1, 0.15) is 33.5 Å². The zero-order valence-corrected chi connectivity index (χ0v) is 16.7. The maximum Gasteiger partial charge on any atom is 0.163 e. The molecule has 0 spiro atoms. The average Bonchev–Trinajstić information content (AvgIpc) is 3.12. The fraction of sp³-hybridized carbons (Fsp3) is 0.167. The maximum atomic E-state index is 12.7. The molecule has 0 aliphatic heterocycles. The molecule has 0 atom stereocenters. The summed E-state index contributed by atoms with van der Waals surface area (Å²) in [7, 11) is 0. The highest BCUT2D eigenvalue weighted by atomic mass is 35.5. The van der Waals surface area contributed by atoms with E-state index in [-0.39, 0.29) is 5.78 Å². The van der Waals surface area contributed by atoms with Crippen molar-refractivity contribution in [2.45, 2.75) is 26.7 Å². The van der Waals surface area contributed by atoms with Crippen molar-refractivity contribution in [1.29, 1.82) is 0 Å². The lowest BCUT2D eigenvalue weighted by Gasteiger charge is -2.10. The zero-order valence-electron chi connectivity index (χ0n) is 15.9. The Morgan fingerprint density at radius 1 is 1.04 bits per heavy atom. The van der Waals surface area contributed by atoms with Crippen LogP contribution >= 0.6 is 11.6 Å². The van der Waals surface area contributed by atoms with E-state index in [1.165, 1.54) is 11.1 Å². The van der Waals surface area contributed by atoms with Crippen molar-refractivity contribution in [3.05, 3.63) is 94.3 Å².